The number of hydrogen-bond donors (Lipinski definition) is 2. The van der Waals surface area contributed by atoms with Crippen molar-refractivity contribution < 1.29 is 24.5 Å². The van der Waals surface area contributed by atoms with Gasteiger partial charge in [-0.2, -0.15) is 0 Å². The Hall–Kier alpha value is -2.16. The molecule has 5 heteroatoms. The van der Waals surface area contributed by atoms with E-state index in [1.165, 1.54) is 12.1 Å². The molecule has 0 aliphatic heterocycles. The van der Waals surface area contributed by atoms with Crippen molar-refractivity contribution in [3.63, 3.8) is 0 Å². The zero-order valence-electron chi connectivity index (χ0n) is 8.79. The Morgan fingerprint density at radius 3 is 2.82 bits per heavy atom. The summed E-state index contributed by atoms with van der Waals surface area (Å²) in [6.45, 7) is -0.372. The molecule has 1 rings (SSSR count). The third-order valence-corrected chi connectivity index (χ3v) is 1.95. The summed E-state index contributed by atoms with van der Waals surface area (Å²) in [5.74, 6) is 3.76. The largest absolute Gasteiger partial charge is 0.392 e. The lowest BCUT2D eigenvalue weighted by molar-refractivity contribution is -0.123. The molecule has 2 N–H and O–H groups in total. The zero-order valence-corrected chi connectivity index (χ0v) is 8.79. The van der Waals surface area contributed by atoms with E-state index in [1.54, 1.807) is 12.1 Å². The highest BCUT2D eigenvalue weighted by Gasteiger charge is 2.16. The summed E-state index contributed by atoms with van der Waals surface area (Å²) in [5.41, 5.74) is 0.277. The first kappa shape index (κ1) is 12.9. The molecular formula is C12H10O5. The van der Waals surface area contributed by atoms with Gasteiger partial charge in [0.1, 0.15) is 12.7 Å². The van der Waals surface area contributed by atoms with E-state index in [1.807, 2.05) is 0 Å². The number of ether oxygens (including phenoxy) is 1. The van der Waals surface area contributed by atoms with Crippen LogP contribution in [-0.4, -0.2) is 29.3 Å². The minimum absolute atomic E-state index is 0.0187. The molecule has 0 saturated carbocycles. The Bertz CT molecular complexity index is 469. The molecule has 0 spiro atoms. The van der Waals surface area contributed by atoms with Crippen molar-refractivity contribution in [2.24, 2.45) is 0 Å². The van der Waals surface area contributed by atoms with Crippen molar-refractivity contribution in [2.75, 3.05) is 6.61 Å². The predicted molar refractivity (Wildman–Crippen MR) is 57.7 cm³/mol. The van der Waals surface area contributed by atoms with Gasteiger partial charge in [-0.25, -0.2) is 4.79 Å². The lowest BCUT2D eigenvalue weighted by atomic mass is 10.0. The summed E-state index contributed by atoms with van der Waals surface area (Å²) in [4.78, 5) is 21.5. The maximum absolute atomic E-state index is 11.4. The van der Waals surface area contributed by atoms with Crippen LogP contribution in [0.5, 0.6) is 0 Å². The number of carbonyl (C=O) groups is 2. The molecule has 88 valence electrons. The molecule has 0 radical (unpaired) electrons. The monoisotopic (exact) mass is 234 g/mol. The molecule has 1 atom stereocenters. The standard InChI is InChI=1S/C12H10O5/c13-7-3-6-11(15)9-4-1-2-5-10(9)12(16)17-8-14/h1-2,4-5,8,11,13,15H,7H2. The van der Waals surface area contributed by atoms with Crippen LogP contribution in [0.15, 0.2) is 24.3 Å². The van der Waals surface area contributed by atoms with Crippen LogP contribution in [0.3, 0.4) is 0 Å². The molecular weight excluding hydrogens is 224 g/mol. The van der Waals surface area contributed by atoms with E-state index in [9.17, 15) is 14.7 Å². The molecule has 0 fully saturated rings. The molecule has 5 nitrogen and oxygen atoms in total. The zero-order chi connectivity index (χ0) is 12.7. The lowest BCUT2D eigenvalue weighted by Crippen LogP contribution is -2.09. The summed E-state index contributed by atoms with van der Waals surface area (Å²) in [5, 5.41) is 18.2. The maximum atomic E-state index is 11.4. The normalized spacial score (nSPS) is 10.9. The van der Waals surface area contributed by atoms with E-state index in [2.05, 4.69) is 16.6 Å². The number of esters is 1. The average Bonchev–Trinajstić information content (AvgIpc) is 2.36. The summed E-state index contributed by atoms with van der Waals surface area (Å²) >= 11 is 0. The molecule has 0 heterocycles. The quantitative estimate of drug-likeness (QED) is 0.333. The number of rotatable bonds is 3. The molecule has 17 heavy (non-hydrogen) atoms. The molecule has 0 saturated heterocycles. The first-order valence-corrected chi connectivity index (χ1v) is 4.71. The minimum atomic E-state index is -1.22. The summed E-state index contributed by atoms with van der Waals surface area (Å²) in [7, 11) is 0. The molecule has 0 aliphatic carbocycles. The van der Waals surface area contributed by atoms with Crippen LogP contribution in [0.2, 0.25) is 0 Å². The molecule has 1 unspecified atom stereocenters. The highest BCUT2D eigenvalue weighted by atomic mass is 16.6. The van der Waals surface area contributed by atoms with Gasteiger partial charge in [0.05, 0.1) is 5.56 Å². The van der Waals surface area contributed by atoms with Crippen LogP contribution >= 0.6 is 0 Å². The van der Waals surface area contributed by atoms with Crippen molar-refractivity contribution in [3.05, 3.63) is 35.4 Å². The molecule has 0 aliphatic rings. The van der Waals surface area contributed by atoms with Gasteiger partial charge in [-0.05, 0) is 6.07 Å². The van der Waals surface area contributed by atoms with Crippen LogP contribution < -0.4 is 0 Å². The van der Waals surface area contributed by atoms with Crippen LogP contribution in [0.25, 0.3) is 0 Å². The van der Waals surface area contributed by atoms with Gasteiger partial charge in [-0.15, -0.1) is 0 Å². The number of aliphatic hydroxyl groups excluding tert-OH is 2. The van der Waals surface area contributed by atoms with Gasteiger partial charge < -0.3 is 14.9 Å². The molecule has 1 aromatic rings. The Labute approximate surface area is 97.6 Å². The highest BCUT2D eigenvalue weighted by molar-refractivity contribution is 5.94. The van der Waals surface area contributed by atoms with E-state index in [4.69, 9.17) is 5.11 Å². The summed E-state index contributed by atoms with van der Waals surface area (Å²) in [6.07, 6.45) is -1.22. The Morgan fingerprint density at radius 1 is 1.47 bits per heavy atom. The fraction of sp³-hybridized carbons (Fsp3) is 0.167. The Morgan fingerprint density at radius 2 is 2.18 bits per heavy atom. The molecule has 0 aromatic heterocycles. The second-order valence-corrected chi connectivity index (χ2v) is 2.97. The van der Waals surface area contributed by atoms with Crippen LogP contribution in [0.4, 0.5) is 0 Å². The van der Waals surface area contributed by atoms with E-state index in [-0.39, 0.29) is 17.6 Å². The second-order valence-electron chi connectivity index (χ2n) is 2.97. The third-order valence-electron chi connectivity index (χ3n) is 1.95. The minimum Gasteiger partial charge on any atom is -0.392 e. The van der Waals surface area contributed by atoms with Crippen LogP contribution in [0.1, 0.15) is 22.0 Å². The molecule has 0 amide bonds. The fourth-order valence-corrected chi connectivity index (χ4v) is 1.25. The number of carbonyl (C=O) groups excluding carboxylic acids is 2. The van der Waals surface area contributed by atoms with Crippen molar-refractivity contribution >= 4 is 12.4 Å². The SMILES string of the molecule is O=COC(=O)c1ccccc1C(O)C#CCO. The Balaban J connectivity index is 3.07. The highest BCUT2D eigenvalue weighted by Crippen LogP contribution is 2.18. The van der Waals surface area contributed by atoms with E-state index < -0.39 is 18.7 Å². The van der Waals surface area contributed by atoms with Crippen LogP contribution in [0, 0.1) is 11.8 Å². The van der Waals surface area contributed by atoms with Crippen molar-refractivity contribution in [3.8, 4) is 11.8 Å². The first-order valence-electron chi connectivity index (χ1n) is 4.71. The number of aliphatic hydroxyl groups is 2. The van der Waals surface area contributed by atoms with Gasteiger partial charge in [-0.1, -0.05) is 30.0 Å². The first-order chi connectivity index (χ1) is 8.20. The smallest absolute Gasteiger partial charge is 0.346 e. The predicted octanol–water partition coefficient (Wildman–Crippen LogP) is 0.0289. The Kier molecular flexibility index (Phi) is 4.88. The third kappa shape index (κ3) is 3.41. The molecule has 1 aromatic carbocycles. The maximum Gasteiger partial charge on any atom is 0.346 e. The average molecular weight is 234 g/mol. The van der Waals surface area contributed by atoms with Crippen LogP contribution in [-0.2, 0) is 9.53 Å². The number of hydrogen-bond acceptors (Lipinski definition) is 5. The van der Waals surface area contributed by atoms with E-state index in [0.717, 1.165) is 0 Å². The van der Waals surface area contributed by atoms with Crippen molar-refractivity contribution in [1.82, 2.24) is 0 Å². The van der Waals surface area contributed by atoms with Gasteiger partial charge in [0, 0.05) is 5.56 Å². The van der Waals surface area contributed by atoms with Gasteiger partial charge in [0.15, 0.2) is 0 Å². The van der Waals surface area contributed by atoms with Gasteiger partial charge in [-0.3, -0.25) is 4.79 Å². The lowest BCUT2D eigenvalue weighted by Gasteiger charge is -2.08. The van der Waals surface area contributed by atoms with Crippen molar-refractivity contribution in [2.45, 2.75) is 6.10 Å². The summed E-state index contributed by atoms with van der Waals surface area (Å²) in [6, 6.07) is 6.07. The van der Waals surface area contributed by atoms with E-state index in [0.29, 0.717) is 0 Å². The van der Waals surface area contributed by atoms with Crippen molar-refractivity contribution in [1.29, 1.82) is 0 Å². The molecule has 0 bridgehead atoms. The van der Waals surface area contributed by atoms with Gasteiger partial charge in [0.25, 0.3) is 0 Å². The van der Waals surface area contributed by atoms with Gasteiger partial charge in [0.2, 0.25) is 0 Å². The number of benzene rings is 1. The second kappa shape index (κ2) is 6.43. The topological polar surface area (TPSA) is 83.8 Å². The fourth-order valence-electron chi connectivity index (χ4n) is 1.25. The summed E-state index contributed by atoms with van der Waals surface area (Å²) < 4.78 is 4.20. The van der Waals surface area contributed by atoms with E-state index >= 15 is 0 Å². The van der Waals surface area contributed by atoms with Gasteiger partial charge >= 0.3 is 12.4 Å².